The van der Waals surface area contributed by atoms with Crippen molar-refractivity contribution in [1.29, 1.82) is 0 Å². The number of rotatable bonds is 0. The molecule has 0 aromatic carbocycles. The topological polar surface area (TPSA) is 0 Å². The van der Waals surface area contributed by atoms with Crippen LogP contribution >= 0.6 is 0 Å². The monoisotopic (exact) mass is 158 g/mol. The third-order valence-electron chi connectivity index (χ3n) is 0. The molecule has 0 aromatic heterocycles. The smallest absolute Gasteiger partial charge is 1.00 e. The van der Waals surface area contributed by atoms with Gasteiger partial charge < -0.3 is 1.43 Å². The fourth-order valence-corrected chi connectivity index (χ4v) is 0. The van der Waals surface area contributed by atoms with Crippen molar-refractivity contribution in [2.24, 2.45) is 0 Å². The first kappa shape index (κ1) is 1030. The van der Waals surface area contributed by atoms with Crippen LogP contribution in [0.3, 0.4) is 0 Å². The van der Waals surface area contributed by atoms with E-state index < -0.39 is 0 Å². The molecule has 0 aromatic rings. The normalized spacial score (nSPS) is 0. The summed E-state index contributed by atoms with van der Waals surface area (Å²) in [7, 11) is 0. The van der Waals surface area contributed by atoms with Gasteiger partial charge in [0, 0.05) is 0 Å². The Hall–Kier alpha value is 0.710. The second-order valence-corrected chi connectivity index (χ2v) is 0. The molecule has 0 aliphatic heterocycles. The first-order chi connectivity index (χ1) is 0. The number of hydrogen-bond acceptors (Lipinski definition) is 0. The van der Waals surface area contributed by atoms with Gasteiger partial charge in [0.05, 0.1) is 0 Å². The van der Waals surface area contributed by atoms with Crippen LogP contribution in [0.4, 0.5) is 28.2 Å². The molecule has 8 heavy (non-hydrogen) atoms. The first-order valence-electron chi connectivity index (χ1n) is 0. The van der Waals surface area contributed by atoms with E-state index in [-0.39, 0.29) is 65.9 Å². The fourth-order valence-electron chi connectivity index (χ4n) is 0. The summed E-state index contributed by atoms with van der Waals surface area (Å²) in [6, 6.07) is 0. The van der Waals surface area contributed by atoms with Gasteiger partial charge in [-0.1, -0.05) is 0 Å². The predicted molar refractivity (Wildman–Crippen MR) is 26.1 cm³/mol. The molecule has 0 aliphatic carbocycles. The summed E-state index contributed by atoms with van der Waals surface area (Å²) in [5.74, 6) is 0. The fraction of sp³-hybridized carbons (Fsp3) is 0. The van der Waals surface area contributed by atoms with Gasteiger partial charge in [0.2, 0.25) is 0 Å². The van der Waals surface area contributed by atoms with Gasteiger partial charge in [-0.3, -0.25) is 28.2 Å². The van der Waals surface area contributed by atoms with Crippen LogP contribution in [0, 0.1) is 0 Å². The van der Waals surface area contributed by atoms with Crippen LogP contribution in [0.1, 0.15) is 1.43 Å². The summed E-state index contributed by atoms with van der Waals surface area (Å²) in [4.78, 5) is 0. The largest absolute Gasteiger partial charge is 1.00 e. The van der Waals surface area contributed by atoms with E-state index >= 15 is 0 Å². The Bertz CT molecular complexity index is 13.0. The van der Waals surface area contributed by atoms with E-state index in [9.17, 15) is 0 Å². The van der Waals surface area contributed by atoms with Gasteiger partial charge in [-0.15, -0.1) is 0 Å². The molecular weight excluding hydrogens is 148 g/mol. The van der Waals surface area contributed by atoms with Crippen molar-refractivity contribution >= 4 is 17.4 Å². The Morgan fingerprint density at radius 1 is 0.500 bits per heavy atom. The minimum atomic E-state index is 0. The Balaban J connectivity index is 0. The summed E-state index contributed by atoms with van der Waals surface area (Å²) >= 11 is 0. The standard InChI is InChI=1S/Al.6FH.Li.4H/h;6*1H;;;;;/q;;;;;;;+1;;;;-1. The summed E-state index contributed by atoms with van der Waals surface area (Å²) in [6.45, 7) is 0. The average molecular weight is 158 g/mol. The summed E-state index contributed by atoms with van der Waals surface area (Å²) < 4.78 is 0. The van der Waals surface area contributed by atoms with Crippen molar-refractivity contribution in [3.05, 3.63) is 0 Å². The zero-order valence-electron chi connectivity index (χ0n) is 4.45. The Morgan fingerprint density at radius 2 is 0.500 bits per heavy atom. The van der Waals surface area contributed by atoms with Crippen LogP contribution in [0.25, 0.3) is 0 Å². The van der Waals surface area contributed by atoms with E-state index in [1.165, 1.54) is 0 Å². The van der Waals surface area contributed by atoms with E-state index in [1.807, 2.05) is 0 Å². The van der Waals surface area contributed by atoms with Gasteiger partial charge in [0.1, 0.15) is 0 Å². The average Bonchev–Trinajstić information content (AvgIpc) is 0. The van der Waals surface area contributed by atoms with Crippen molar-refractivity contribution in [2.75, 3.05) is 0 Å². The third kappa shape index (κ3) is 434. The molecule has 0 bridgehead atoms. The molecule has 0 atom stereocenters. The van der Waals surface area contributed by atoms with E-state index in [2.05, 4.69) is 0 Å². The molecule has 0 amide bonds. The van der Waals surface area contributed by atoms with Gasteiger partial charge in [-0.05, 0) is 0 Å². The van der Waals surface area contributed by atoms with E-state index in [0.717, 1.165) is 0 Å². The van der Waals surface area contributed by atoms with Crippen LogP contribution in [0.15, 0.2) is 0 Å². The maximum absolute atomic E-state index is 0. The second-order valence-electron chi connectivity index (χ2n) is 0. The van der Waals surface area contributed by atoms with Crippen molar-refractivity contribution in [2.45, 2.75) is 0 Å². The quantitative estimate of drug-likeness (QED) is 0.258. The van der Waals surface area contributed by atoms with E-state index in [4.69, 9.17) is 0 Å². The van der Waals surface area contributed by atoms with Crippen LogP contribution < -0.4 is 18.9 Å². The minimum absolute atomic E-state index is 0. The van der Waals surface area contributed by atoms with Gasteiger partial charge in [-0.2, -0.15) is 0 Å². The van der Waals surface area contributed by atoms with E-state index in [0.29, 0.717) is 0 Å². The molecule has 0 fully saturated rings. The second kappa shape index (κ2) is 689. The molecule has 0 nitrogen and oxygen atoms in total. The van der Waals surface area contributed by atoms with Crippen LogP contribution in [-0.4, -0.2) is 17.4 Å². The maximum atomic E-state index is 0. The third-order valence-corrected chi connectivity index (χ3v) is 0. The molecule has 0 saturated carbocycles. The zero-order valence-corrected chi connectivity index (χ0v) is 3.45. The van der Waals surface area contributed by atoms with Gasteiger partial charge in [-0.25, -0.2) is 0 Å². The Labute approximate surface area is 66.4 Å². The molecule has 0 unspecified atom stereocenters. The molecule has 0 N–H and O–H groups in total. The molecule has 0 rings (SSSR count). The van der Waals surface area contributed by atoms with Crippen molar-refractivity contribution < 1.29 is 48.5 Å². The summed E-state index contributed by atoms with van der Waals surface area (Å²) in [6.07, 6.45) is 0. The SMILES string of the molecule is F.F.F.F.F.F.[AlH3].[H-].[Li+]. The molecule has 0 saturated heterocycles. The first-order valence-corrected chi connectivity index (χ1v) is 0. The maximum Gasteiger partial charge on any atom is 1.00 e. The minimum Gasteiger partial charge on any atom is -1.00 e. The molecule has 0 aliphatic rings. The molecule has 0 radical (unpaired) electrons. The zero-order chi connectivity index (χ0) is 0. The van der Waals surface area contributed by atoms with Crippen LogP contribution in [0.5, 0.6) is 0 Å². The Morgan fingerprint density at radius 3 is 0.500 bits per heavy atom. The summed E-state index contributed by atoms with van der Waals surface area (Å²) in [5.41, 5.74) is 0. The molecule has 0 heterocycles. The Kier molecular flexibility index (Phi) is 88500. The van der Waals surface area contributed by atoms with Crippen LogP contribution in [0.2, 0.25) is 0 Å². The van der Waals surface area contributed by atoms with Crippen molar-refractivity contribution in [1.82, 2.24) is 0 Å². The van der Waals surface area contributed by atoms with E-state index in [1.54, 1.807) is 0 Å². The molecular formula is H10AlF6Li. The number of halogens is 6. The van der Waals surface area contributed by atoms with Gasteiger partial charge in [0.15, 0.2) is 17.4 Å². The van der Waals surface area contributed by atoms with Gasteiger partial charge >= 0.3 is 18.9 Å². The van der Waals surface area contributed by atoms with Crippen LogP contribution in [-0.2, 0) is 0 Å². The van der Waals surface area contributed by atoms with Crippen molar-refractivity contribution in [3.63, 3.8) is 0 Å². The number of hydrogen-bond donors (Lipinski definition) is 0. The molecule has 0 spiro atoms. The molecule has 56 valence electrons. The molecule has 8 heteroatoms. The summed E-state index contributed by atoms with van der Waals surface area (Å²) in [5, 5.41) is 0. The van der Waals surface area contributed by atoms with Gasteiger partial charge in [0.25, 0.3) is 0 Å². The predicted octanol–water partition coefficient (Wildman–Crippen LogP) is -3.15. The van der Waals surface area contributed by atoms with Crippen molar-refractivity contribution in [3.8, 4) is 0 Å².